The monoisotopic (exact) mass is 287 g/mol. The van der Waals surface area contributed by atoms with E-state index in [9.17, 15) is 4.79 Å². The van der Waals surface area contributed by atoms with Crippen molar-refractivity contribution in [3.8, 4) is 0 Å². The maximum Gasteiger partial charge on any atom is 0.325 e. The number of hydrogen-bond acceptors (Lipinski definition) is 5. The van der Waals surface area contributed by atoms with Crippen molar-refractivity contribution in [3.63, 3.8) is 0 Å². The van der Waals surface area contributed by atoms with Crippen molar-refractivity contribution in [3.05, 3.63) is 17.0 Å². The first-order valence-corrected chi connectivity index (χ1v) is 5.75. The van der Waals surface area contributed by atoms with Crippen molar-refractivity contribution in [2.24, 2.45) is 0 Å². The Morgan fingerprint density at radius 2 is 2.38 bits per heavy atom. The van der Waals surface area contributed by atoms with Crippen LogP contribution in [0, 0.1) is 0 Å². The van der Waals surface area contributed by atoms with Gasteiger partial charge >= 0.3 is 5.97 Å². The first-order chi connectivity index (χ1) is 7.69. The summed E-state index contributed by atoms with van der Waals surface area (Å²) >= 11 is 3.36. The molecule has 88 valence electrons. The molecule has 0 bridgehead atoms. The van der Waals surface area contributed by atoms with Gasteiger partial charge in [-0.15, -0.1) is 0 Å². The van der Waals surface area contributed by atoms with Crippen molar-refractivity contribution in [1.29, 1.82) is 0 Å². The number of rotatable bonds is 5. The van der Waals surface area contributed by atoms with Crippen LogP contribution >= 0.6 is 15.9 Å². The van der Waals surface area contributed by atoms with Crippen molar-refractivity contribution >= 4 is 27.7 Å². The summed E-state index contributed by atoms with van der Waals surface area (Å²) in [6.45, 7) is 2.98. The molecule has 0 unspecified atom stereocenters. The van der Waals surface area contributed by atoms with Crippen molar-refractivity contribution < 1.29 is 9.53 Å². The van der Waals surface area contributed by atoms with Crippen LogP contribution in [0.3, 0.4) is 0 Å². The van der Waals surface area contributed by atoms with Gasteiger partial charge in [-0.05, 0) is 22.4 Å². The van der Waals surface area contributed by atoms with E-state index in [-0.39, 0.29) is 12.5 Å². The van der Waals surface area contributed by atoms with Gasteiger partial charge in [-0.3, -0.25) is 4.79 Å². The molecular weight excluding hydrogens is 274 g/mol. The van der Waals surface area contributed by atoms with Gasteiger partial charge in [0.05, 0.1) is 11.6 Å². The number of halogens is 1. The summed E-state index contributed by atoms with van der Waals surface area (Å²) in [5.41, 5.74) is 0. The molecule has 0 aromatic carbocycles. The van der Waals surface area contributed by atoms with Crippen LogP contribution in [0.5, 0.6) is 0 Å². The number of nitrogens with zero attached hydrogens (tertiary/aromatic N) is 3. The SMILES string of the molecule is CCCN(CC(=O)OC)c1ncncc1Br. The Morgan fingerprint density at radius 3 is 2.94 bits per heavy atom. The standard InChI is InChI=1S/C10H14BrN3O2/c1-3-4-14(6-9(15)16-2)10-8(11)5-12-7-13-10/h5,7H,3-4,6H2,1-2H3. The first kappa shape index (κ1) is 12.9. The topological polar surface area (TPSA) is 55.3 Å². The van der Waals surface area contributed by atoms with E-state index >= 15 is 0 Å². The lowest BCUT2D eigenvalue weighted by Crippen LogP contribution is -2.32. The fraction of sp³-hybridized carbons (Fsp3) is 0.500. The molecule has 0 aliphatic carbocycles. The summed E-state index contributed by atoms with van der Waals surface area (Å²) in [5, 5.41) is 0. The minimum atomic E-state index is -0.279. The van der Waals surface area contributed by atoms with E-state index in [0.717, 1.165) is 17.4 Å². The third-order valence-electron chi connectivity index (χ3n) is 1.99. The highest BCUT2D eigenvalue weighted by molar-refractivity contribution is 9.10. The van der Waals surface area contributed by atoms with Crippen LogP contribution in [0.4, 0.5) is 5.82 Å². The van der Waals surface area contributed by atoms with E-state index in [0.29, 0.717) is 5.82 Å². The van der Waals surface area contributed by atoms with Gasteiger partial charge in [0, 0.05) is 12.7 Å². The van der Waals surface area contributed by atoms with E-state index in [4.69, 9.17) is 0 Å². The molecule has 1 aromatic heterocycles. The summed E-state index contributed by atoms with van der Waals surface area (Å²) < 4.78 is 5.42. The molecule has 0 N–H and O–H groups in total. The molecule has 6 heteroatoms. The third kappa shape index (κ3) is 3.44. The van der Waals surface area contributed by atoms with Gasteiger partial charge in [-0.25, -0.2) is 9.97 Å². The number of anilines is 1. The predicted octanol–water partition coefficient (Wildman–Crippen LogP) is 1.63. The molecule has 5 nitrogen and oxygen atoms in total. The van der Waals surface area contributed by atoms with Crippen LogP contribution in [0.25, 0.3) is 0 Å². The van der Waals surface area contributed by atoms with Gasteiger partial charge in [0.15, 0.2) is 0 Å². The number of carbonyl (C=O) groups excluding carboxylic acids is 1. The van der Waals surface area contributed by atoms with E-state index in [1.807, 2.05) is 11.8 Å². The lowest BCUT2D eigenvalue weighted by atomic mass is 10.4. The van der Waals surface area contributed by atoms with Gasteiger partial charge in [-0.2, -0.15) is 0 Å². The summed E-state index contributed by atoms with van der Waals surface area (Å²) in [5.74, 6) is 0.432. The fourth-order valence-electron chi connectivity index (χ4n) is 1.29. The normalized spacial score (nSPS) is 9.94. The second kappa shape index (κ2) is 6.42. The molecule has 0 saturated carbocycles. The number of hydrogen-bond donors (Lipinski definition) is 0. The molecule has 0 aliphatic rings. The predicted molar refractivity (Wildman–Crippen MR) is 64.3 cm³/mol. The largest absolute Gasteiger partial charge is 0.468 e. The zero-order valence-corrected chi connectivity index (χ0v) is 10.9. The van der Waals surface area contributed by atoms with Gasteiger partial charge in [0.25, 0.3) is 0 Å². The molecule has 0 aliphatic heterocycles. The lowest BCUT2D eigenvalue weighted by molar-refractivity contribution is -0.138. The van der Waals surface area contributed by atoms with Crippen molar-refractivity contribution in [2.45, 2.75) is 13.3 Å². The fourth-order valence-corrected chi connectivity index (χ4v) is 1.76. The van der Waals surface area contributed by atoms with Gasteiger partial charge < -0.3 is 9.64 Å². The third-order valence-corrected chi connectivity index (χ3v) is 2.55. The van der Waals surface area contributed by atoms with Crippen molar-refractivity contribution in [1.82, 2.24) is 9.97 Å². The van der Waals surface area contributed by atoms with E-state index < -0.39 is 0 Å². The zero-order chi connectivity index (χ0) is 12.0. The molecule has 0 amide bonds. The summed E-state index contributed by atoms with van der Waals surface area (Å²) in [4.78, 5) is 21.1. The number of aromatic nitrogens is 2. The van der Waals surface area contributed by atoms with Gasteiger partial charge in [0.1, 0.15) is 18.7 Å². The summed E-state index contributed by atoms with van der Waals surface area (Å²) in [6, 6.07) is 0. The molecular formula is C10H14BrN3O2. The highest BCUT2D eigenvalue weighted by Crippen LogP contribution is 2.21. The Kier molecular flexibility index (Phi) is 5.18. The molecule has 0 radical (unpaired) electrons. The quantitative estimate of drug-likeness (QED) is 0.771. The average Bonchev–Trinajstić information content (AvgIpc) is 2.29. The molecule has 0 fully saturated rings. The number of methoxy groups -OCH3 is 1. The molecule has 0 saturated heterocycles. The molecule has 0 atom stereocenters. The van der Waals surface area contributed by atoms with E-state index in [1.54, 1.807) is 6.20 Å². The second-order valence-electron chi connectivity index (χ2n) is 3.19. The molecule has 1 heterocycles. The Labute approximate surface area is 103 Å². The Hall–Kier alpha value is -1.17. The maximum absolute atomic E-state index is 11.3. The minimum Gasteiger partial charge on any atom is -0.468 e. The molecule has 0 spiro atoms. The van der Waals surface area contributed by atoms with Gasteiger partial charge in [0.2, 0.25) is 0 Å². The van der Waals surface area contributed by atoms with Crippen LogP contribution in [0.15, 0.2) is 17.0 Å². The summed E-state index contributed by atoms with van der Waals surface area (Å²) in [6.07, 6.45) is 4.04. The smallest absolute Gasteiger partial charge is 0.325 e. The first-order valence-electron chi connectivity index (χ1n) is 4.96. The Balaban J connectivity index is 2.85. The van der Waals surface area contributed by atoms with Crippen LogP contribution < -0.4 is 4.90 Å². The second-order valence-corrected chi connectivity index (χ2v) is 4.05. The molecule has 1 rings (SSSR count). The maximum atomic E-state index is 11.3. The molecule has 16 heavy (non-hydrogen) atoms. The van der Waals surface area contributed by atoms with E-state index in [1.165, 1.54) is 13.4 Å². The Bertz CT molecular complexity index is 360. The lowest BCUT2D eigenvalue weighted by Gasteiger charge is -2.22. The summed E-state index contributed by atoms with van der Waals surface area (Å²) in [7, 11) is 1.38. The van der Waals surface area contributed by atoms with Crippen LogP contribution in [-0.4, -0.2) is 36.1 Å². The molecule has 1 aromatic rings. The van der Waals surface area contributed by atoms with Crippen LogP contribution in [-0.2, 0) is 9.53 Å². The van der Waals surface area contributed by atoms with E-state index in [2.05, 4.69) is 30.6 Å². The number of esters is 1. The van der Waals surface area contributed by atoms with Crippen LogP contribution in [0.2, 0.25) is 0 Å². The average molecular weight is 288 g/mol. The highest BCUT2D eigenvalue weighted by Gasteiger charge is 2.14. The number of carbonyl (C=O) groups is 1. The zero-order valence-electron chi connectivity index (χ0n) is 9.31. The minimum absolute atomic E-state index is 0.194. The van der Waals surface area contributed by atoms with Gasteiger partial charge in [-0.1, -0.05) is 6.92 Å². The Morgan fingerprint density at radius 1 is 1.62 bits per heavy atom. The number of ether oxygens (including phenoxy) is 1. The highest BCUT2D eigenvalue weighted by atomic mass is 79.9. The van der Waals surface area contributed by atoms with Crippen LogP contribution in [0.1, 0.15) is 13.3 Å². The van der Waals surface area contributed by atoms with Crippen molar-refractivity contribution in [2.75, 3.05) is 25.1 Å².